The van der Waals surface area contributed by atoms with E-state index in [2.05, 4.69) is 5.43 Å². The minimum Gasteiger partial charge on any atom is -0.497 e. The largest absolute Gasteiger partial charge is 0.497 e. The minimum absolute atomic E-state index is 0.0558. The summed E-state index contributed by atoms with van der Waals surface area (Å²) in [6.45, 7) is 1.91. The third-order valence-electron chi connectivity index (χ3n) is 3.82. The summed E-state index contributed by atoms with van der Waals surface area (Å²) >= 11 is 0. The molecule has 0 saturated carbocycles. The summed E-state index contributed by atoms with van der Waals surface area (Å²) in [6, 6.07) is 14.3. The van der Waals surface area contributed by atoms with E-state index in [-0.39, 0.29) is 18.1 Å². The van der Waals surface area contributed by atoms with Crippen LogP contribution in [-0.4, -0.2) is 18.8 Å². The number of benzene rings is 2. The van der Waals surface area contributed by atoms with Gasteiger partial charge in [-0.3, -0.25) is 15.0 Å². The predicted octanol–water partition coefficient (Wildman–Crippen LogP) is 2.35. The number of nitrogens with one attached hydrogen (secondary N) is 1. The van der Waals surface area contributed by atoms with Gasteiger partial charge in [0.2, 0.25) is 5.91 Å². The van der Waals surface area contributed by atoms with Crippen molar-refractivity contribution < 1.29 is 14.3 Å². The molecule has 0 aliphatic rings. The monoisotopic (exact) mass is 312 g/mol. The van der Waals surface area contributed by atoms with Crippen molar-refractivity contribution >= 4 is 11.7 Å². The molecule has 1 unspecified atom stereocenters. The van der Waals surface area contributed by atoms with E-state index in [4.69, 9.17) is 10.6 Å². The second-order valence-corrected chi connectivity index (χ2v) is 5.27. The molecule has 5 heteroatoms. The van der Waals surface area contributed by atoms with Crippen LogP contribution in [0.5, 0.6) is 5.75 Å². The molecule has 23 heavy (non-hydrogen) atoms. The van der Waals surface area contributed by atoms with Crippen LogP contribution in [0.3, 0.4) is 0 Å². The standard InChI is InChI=1S/C18H20N2O3/c1-12-5-3-4-6-15(12)16(18(22)20-19)11-17(21)13-7-9-14(23-2)10-8-13/h3-10,16H,11,19H2,1-2H3,(H,20,22). The van der Waals surface area contributed by atoms with E-state index in [1.54, 1.807) is 31.4 Å². The lowest BCUT2D eigenvalue weighted by atomic mass is 9.88. The lowest BCUT2D eigenvalue weighted by molar-refractivity contribution is -0.122. The van der Waals surface area contributed by atoms with Gasteiger partial charge in [0.05, 0.1) is 13.0 Å². The number of hydrazine groups is 1. The highest BCUT2D eigenvalue weighted by molar-refractivity contribution is 6.00. The number of ether oxygens (including phenoxy) is 1. The summed E-state index contributed by atoms with van der Waals surface area (Å²) in [5.41, 5.74) is 4.44. The van der Waals surface area contributed by atoms with Crippen LogP contribution in [0.15, 0.2) is 48.5 Å². The molecule has 2 aromatic carbocycles. The van der Waals surface area contributed by atoms with Crippen LogP contribution in [0.4, 0.5) is 0 Å². The van der Waals surface area contributed by atoms with E-state index in [0.29, 0.717) is 11.3 Å². The number of hydrogen-bond donors (Lipinski definition) is 2. The van der Waals surface area contributed by atoms with E-state index < -0.39 is 5.92 Å². The lowest BCUT2D eigenvalue weighted by Crippen LogP contribution is -2.36. The van der Waals surface area contributed by atoms with E-state index in [9.17, 15) is 9.59 Å². The average molecular weight is 312 g/mol. The highest BCUT2D eigenvalue weighted by Gasteiger charge is 2.25. The van der Waals surface area contributed by atoms with Gasteiger partial charge in [-0.1, -0.05) is 24.3 Å². The molecule has 3 N–H and O–H groups in total. The van der Waals surface area contributed by atoms with Crippen molar-refractivity contribution in [1.29, 1.82) is 0 Å². The number of methoxy groups -OCH3 is 1. The van der Waals surface area contributed by atoms with Gasteiger partial charge in [-0.05, 0) is 42.3 Å². The van der Waals surface area contributed by atoms with Crippen molar-refractivity contribution in [3.05, 3.63) is 65.2 Å². The maximum atomic E-state index is 12.5. The van der Waals surface area contributed by atoms with Crippen molar-refractivity contribution in [3.63, 3.8) is 0 Å². The molecular formula is C18H20N2O3. The minimum atomic E-state index is -0.615. The smallest absolute Gasteiger partial charge is 0.241 e. The average Bonchev–Trinajstić information content (AvgIpc) is 2.59. The molecule has 0 spiro atoms. The van der Waals surface area contributed by atoms with Crippen LogP contribution in [-0.2, 0) is 4.79 Å². The van der Waals surface area contributed by atoms with Crippen molar-refractivity contribution in [1.82, 2.24) is 5.43 Å². The number of rotatable bonds is 6. The van der Waals surface area contributed by atoms with Crippen LogP contribution in [0.1, 0.15) is 33.8 Å². The van der Waals surface area contributed by atoms with E-state index in [1.807, 2.05) is 31.2 Å². The summed E-state index contributed by atoms with van der Waals surface area (Å²) < 4.78 is 5.08. The van der Waals surface area contributed by atoms with Gasteiger partial charge in [-0.2, -0.15) is 0 Å². The molecule has 2 rings (SSSR count). The van der Waals surface area contributed by atoms with Crippen molar-refractivity contribution in [3.8, 4) is 5.75 Å². The predicted molar refractivity (Wildman–Crippen MR) is 88.2 cm³/mol. The molecule has 0 fully saturated rings. The van der Waals surface area contributed by atoms with Crippen LogP contribution in [0.25, 0.3) is 0 Å². The summed E-state index contributed by atoms with van der Waals surface area (Å²) in [7, 11) is 1.57. The Morgan fingerprint density at radius 3 is 2.35 bits per heavy atom. The van der Waals surface area contributed by atoms with Gasteiger partial charge in [0.15, 0.2) is 5.78 Å². The highest BCUT2D eigenvalue weighted by Crippen LogP contribution is 2.25. The first-order valence-corrected chi connectivity index (χ1v) is 7.30. The quantitative estimate of drug-likeness (QED) is 0.371. The Hall–Kier alpha value is -2.66. The molecular weight excluding hydrogens is 292 g/mol. The topological polar surface area (TPSA) is 81.4 Å². The molecule has 0 aromatic heterocycles. The summed E-state index contributed by atoms with van der Waals surface area (Å²) in [6.07, 6.45) is 0.0558. The Morgan fingerprint density at radius 2 is 1.78 bits per heavy atom. The second kappa shape index (κ2) is 7.56. The first-order chi connectivity index (χ1) is 11.1. The molecule has 1 atom stereocenters. The number of ketones is 1. The maximum absolute atomic E-state index is 12.5. The summed E-state index contributed by atoms with van der Waals surface area (Å²) in [4.78, 5) is 24.6. The zero-order chi connectivity index (χ0) is 16.8. The molecule has 1 amide bonds. The maximum Gasteiger partial charge on any atom is 0.241 e. The Balaban J connectivity index is 2.25. The molecule has 5 nitrogen and oxygen atoms in total. The Labute approximate surface area is 135 Å². The molecule has 0 bridgehead atoms. The van der Waals surface area contributed by atoms with Crippen LogP contribution in [0, 0.1) is 6.92 Å². The normalized spacial score (nSPS) is 11.6. The van der Waals surface area contributed by atoms with E-state index in [0.717, 1.165) is 11.1 Å². The highest BCUT2D eigenvalue weighted by atomic mass is 16.5. The van der Waals surface area contributed by atoms with Crippen molar-refractivity contribution in [2.45, 2.75) is 19.3 Å². The molecule has 0 aliphatic carbocycles. The number of carbonyl (C=O) groups is 2. The van der Waals surface area contributed by atoms with Gasteiger partial charge >= 0.3 is 0 Å². The van der Waals surface area contributed by atoms with E-state index >= 15 is 0 Å². The Kier molecular flexibility index (Phi) is 5.49. The second-order valence-electron chi connectivity index (χ2n) is 5.27. The van der Waals surface area contributed by atoms with E-state index in [1.165, 1.54) is 0 Å². The fourth-order valence-corrected chi connectivity index (χ4v) is 2.50. The van der Waals surface area contributed by atoms with Gasteiger partial charge < -0.3 is 4.74 Å². The third kappa shape index (κ3) is 3.96. The van der Waals surface area contributed by atoms with Gasteiger partial charge in [0, 0.05) is 12.0 Å². The van der Waals surface area contributed by atoms with Gasteiger partial charge in [-0.25, -0.2) is 5.84 Å². The number of Topliss-reactive ketones (excluding diaryl/α,β-unsaturated/α-hetero) is 1. The number of amides is 1. The Morgan fingerprint density at radius 1 is 1.13 bits per heavy atom. The van der Waals surface area contributed by atoms with Crippen molar-refractivity contribution in [2.75, 3.05) is 7.11 Å². The molecule has 0 heterocycles. The molecule has 0 aliphatic heterocycles. The first kappa shape index (κ1) is 16.7. The molecule has 0 radical (unpaired) electrons. The third-order valence-corrected chi connectivity index (χ3v) is 3.82. The van der Waals surface area contributed by atoms with Gasteiger partial charge in [0.1, 0.15) is 5.75 Å². The summed E-state index contributed by atoms with van der Waals surface area (Å²) in [5, 5.41) is 0. The SMILES string of the molecule is COc1ccc(C(=O)CC(C(=O)NN)c2ccccc2C)cc1. The van der Waals surface area contributed by atoms with Crippen molar-refractivity contribution in [2.24, 2.45) is 5.84 Å². The van der Waals surface area contributed by atoms with Gasteiger partial charge in [0.25, 0.3) is 0 Å². The molecule has 2 aromatic rings. The van der Waals surface area contributed by atoms with Crippen LogP contribution >= 0.6 is 0 Å². The number of carbonyl (C=O) groups excluding carboxylic acids is 2. The summed E-state index contributed by atoms with van der Waals surface area (Å²) in [5.74, 6) is 4.85. The van der Waals surface area contributed by atoms with Crippen LogP contribution in [0.2, 0.25) is 0 Å². The number of aryl methyl sites for hydroxylation is 1. The number of nitrogens with two attached hydrogens (primary N) is 1. The Bertz CT molecular complexity index is 696. The molecule has 120 valence electrons. The molecule has 0 saturated heterocycles. The van der Waals surface area contributed by atoms with Gasteiger partial charge in [-0.15, -0.1) is 0 Å². The zero-order valence-corrected chi connectivity index (χ0v) is 13.2. The zero-order valence-electron chi connectivity index (χ0n) is 13.2. The number of hydrogen-bond acceptors (Lipinski definition) is 4. The first-order valence-electron chi connectivity index (χ1n) is 7.30. The fraction of sp³-hybridized carbons (Fsp3) is 0.222. The fourth-order valence-electron chi connectivity index (χ4n) is 2.50. The lowest BCUT2D eigenvalue weighted by Gasteiger charge is -2.17. The van der Waals surface area contributed by atoms with Crippen LogP contribution < -0.4 is 16.0 Å².